The molecule has 0 unspecified atom stereocenters. The van der Waals surface area contributed by atoms with Gasteiger partial charge in [0, 0.05) is 22.8 Å². The highest BCUT2D eigenvalue weighted by Gasteiger charge is 2.17. The van der Waals surface area contributed by atoms with Gasteiger partial charge in [0.2, 0.25) is 5.88 Å². The van der Waals surface area contributed by atoms with Gasteiger partial charge in [-0.25, -0.2) is 4.39 Å². The molecule has 0 saturated carbocycles. The number of carbonyl (C=O) groups is 1. The SMILES string of the molecule is Cc1ccc(Cl)cc1-n1nc(O[C@H](C)C(=O)Nc2ccc(F)cc2)ccc1=O. The van der Waals surface area contributed by atoms with Crippen molar-refractivity contribution in [2.24, 2.45) is 0 Å². The third-order valence-corrected chi connectivity index (χ3v) is 4.19. The Hall–Kier alpha value is -3.19. The van der Waals surface area contributed by atoms with Crippen LogP contribution in [0.1, 0.15) is 12.5 Å². The summed E-state index contributed by atoms with van der Waals surface area (Å²) in [5, 5.41) is 7.26. The van der Waals surface area contributed by atoms with Crippen molar-refractivity contribution in [3.05, 3.63) is 81.4 Å². The Bertz CT molecular complexity index is 1070. The van der Waals surface area contributed by atoms with Crippen molar-refractivity contribution >= 4 is 23.2 Å². The summed E-state index contributed by atoms with van der Waals surface area (Å²) in [6, 6.07) is 13.2. The number of nitrogens with one attached hydrogen (secondary N) is 1. The fraction of sp³-hybridized carbons (Fsp3) is 0.150. The number of aryl methyl sites for hydroxylation is 1. The van der Waals surface area contributed by atoms with Crippen LogP contribution in [0.25, 0.3) is 5.69 Å². The third kappa shape index (κ3) is 4.55. The third-order valence-electron chi connectivity index (χ3n) is 3.95. The molecular weight excluding hydrogens is 385 g/mol. The van der Waals surface area contributed by atoms with E-state index in [1.165, 1.54) is 41.1 Å². The second-order valence-corrected chi connectivity index (χ2v) is 6.55. The van der Waals surface area contributed by atoms with Crippen molar-refractivity contribution in [1.82, 2.24) is 9.78 Å². The van der Waals surface area contributed by atoms with E-state index in [-0.39, 0.29) is 11.4 Å². The molecule has 0 radical (unpaired) electrons. The van der Waals surface area contributed by atoms with Gasteiger partial charge < -0.3 is 10.1 Å². The summed E-state index contributed by atoms with van der Waals surface area (Å²) in [5.74, 6) is -0.740. The van der Waals surface area contributed by atoms with E-state index in [9.17, 15) is 14.0 Å². The molecule has 1 N–H and O–H groups in total. The summed E-state index contributed by atoms with van der Waals surface area (Å²) < 4.78 is 19.7. The molecule has 0 spiro atoms. The van der Waals surface area contributed by atoms with Crippen LogP contribution in [0.5, 0.6) is 5.88 Å². The first-order chi connectivity index (χ1) is 13.3. The summed E-state index contributed by atoms with van der Waals surface area (Å²) in [6.07, 6.45) is -0.899. The first-order valence-electron chi connectivity index (χ1n) is 8.43. The first-order valence-corrected chi connectivity index (χ1v) is 8.81. The number of nitrogens with zero attached hydrogens (tertiary/aromatic N) is 2. The summed E-state index contributed by atoms with van der Waals surface area (Å²) in [6.45, 7) is 3.37. The highest BCUT2D eigenvalue weighted by molar-refractivity contribution is 6.30. The predicted molar refractivity (Wildman–Crippen MR) is 105 cm³/mol. The molecule has 144 valence electrons. The monoisotopic (exact) mass is 401 g/mol. The van der Waals surface area contributed by atoms with Crippen molar-refractivity contribution in [1.29, 1.82) is 0 Å². The van der Waals surface area contributed by atoms with Crippen molar-refractivity contribution in [3.8, 4) is 11.6 Å². The molecule has 2 aromatic carbocycles. The van der Waals surface area contributed by atoms with Crippen LogP contribution >= 0.6 is 11.6 Å². The van der Waals surface area contributed by atoms with Crippen molar-refractivity contribution in [2.45, 2.75) is 20.0 Å². The second-order valence-electron chi connectivity index (χ2n) is 6.11. The van der Waals surface area contributed by atoms with Gasteiger partial charge in [0.05, 0.1) is 5.69 Å². The topological polar surface area (TPSA) is 73.2 Å². The van der Waals surface area contributed by atoms with E-state index in [2.05, 4.69) is 10.4 Å². The van der Waals surface area contributed by atoms with Gasteiger partial charge in [0.15, 0.2) is 6.10 Å². The summed E-state index contributed by atoms with van der Waals surface area (Å²) in [7, 11) is 0. The van der Waals surface area contributed by atoms with Crippen LogP contribution in [-0.4, -0.2) is 21.8 Å². The fourth-order valence-electron chi connectivity index (χ4n) is 2.45. The van der Waals surface area contributed by atoms with Gasteiger partial charge in [0.1, 0.15) is 5.82 Å². The molecule has 1 amide bonds. The quantitative estimate of drug-likeness (QED) is 0.706. The lowest BCUT2D eigenvalue weighted by Crippen LogP contribution is -2.31. The zero-order valence-electron chi connectivity index (χ0n) is 15.1. The number of benzene rings is 2. The maximum absolute atomic E-state index is 13.0. The summed E-state index contributed by atoms with van der Waals surface area (Å²) >= 11 is 6.02. The normalized spacial score (nSPS) is 11.7. The van der Waals surface area contributed by atoms with Gasteiger partial charge in [-0.15, -0.1) is 5.10 Å². The van der Waals surface area contributed by atoms with E-state index in [1.807, 2.05) is 6.92 Å². The Morgan fingerprint density at radius 3 is 2.61 bits per heavy atom. The van der Waals surface area contributed by atoms with E-state index < -0.39 is 17.8 Å². The minimum atomic E-state index is -0.899. The van der Waals surface area contributed by atoms with Gasteiger partial charge in [-0.1, -0.05) is 17.7 Å². The molecule has 3 rings (SSSR count). The van der Waals surface area contributed by atoms with Crippen LogP contribution in [0.3, 0.4) is 0 Å². The molecule has 0 bridgehead atoms. The number of carbonyl (C=O) groups excluding carboxylic acids is 1. The van der Waals surface area contributed by atoms with Gasteiger partial charge in [-0.2, -0.15) is 4.68 Å². The van der Waals surface area contributed by atoms with Crippen LogP contribution in [0.4, 0.5) is 10.1 Å². The Morgan fingerprint density at radius 1 is 1.18 bits per heavy atom. The van der Waals surface area contributed by atoms with Gasteiger partial charge >= 0.3 is 0 Å². The van der Waals surface area contributed by atoms with Crippen LogP contribution in [0, 0.1) is 12.7 Å². The molecule has 0 saturated heterocycles. The van der Waals surface area contributed by atoms with Gasteiger partial charge in [-0.05, 0) is 55.8 Å². The smallest absolute Gasteiger partial charge is 0.271 e. The lowest BCUT2D eigenvalue weighted by Gasteiger charge is -2.15. The van der Waals surface area contributed by atoms with Gasteiger partial charge in [-0.3, -0.25) is 9.59 Å². The number of anilines is 1. The molecule has 3 aromatic rings. The van der Waals surface area contributed by atoms with E-state index in [4.69, 9.17) is 16.3 Å². The molecular formula is C20H17ClFN3O3. The molecule has 1 heterocycles. The number of hydrogen-bond acceptors (Lipinski definition) is 4. The molecule has 8 heteroatoms. The number of aromatic nitrogens is 2. The summed E-state index contributed by atoms with van der Waals surface area (Å²) in [4.78, 5) is 24.5. The average molecular weight is 402 g/mol. The number of amides is 1. The molecule has 0 aliphatic rings. The van der Waals surface area contributed by atoms with Crippen LogP contribution in [-0.2, 0) is 4.79 Å². The Kier molecular flexibility index (Phi) is 5.75. The zero-order chi connectivity index (χ0) is 20.3. The Morgan fingerprint density at radius 2 is 1.89 bits per heavy atom. The molecule has 0 fully saturated rings. The highest BCUT2D eigenvalue weighted by atomic mass is 35.5. The number of hydrogen-bond donors (Lipinski definition) is 1. The largest absolute Gasteiger partial charge is 0.463 e. The van der Waals surface area contributed by atoms with Crippen molar-refractivity contribution < 1.29 is 13.9 Å². The first kappa shape index (κ1) is 19.6. The van der Waals surface area contributed by atoms with E-state index in [0.29, 0.717) is 16.4 Å². The molecule has 1 aromatic heterocycles. The Balaban J connectivity index is 1.79. The van der Waals surface area contributed by atoms with E-state index >= 15 is 0 Å². The van der Waals surface area contributed by atoms with Crippen LogP contribution in [0.15, 0.2) is 59.4 Å². The van der Waals surface area contributed by atoms with Crippen LogP contribution in [0.2, 0.25) is 5.02 Å². The highest BCUT2D eigenvalue weighted by Crippen LogP contribution is 2.18. The standard InChI is InChI=1S/C20H17ClFN3O3/c1-12-3-4-14(21)11-17(12)25-19(26)10-9-18(24-25)28-13(2)20(27)23-16-7-5-15(22)6-8-16/h3-11,13H,1-2H3,(H,23,27)/t13-/m1/s1. The maximum Gasteiger partial charge on any atom is 0.271 e. The lowest BCUT2D eigenvalue weighted by atomic mass is 10.2. The Labute approximate surface area is 165 Å². The summed E-state index contributed by atoms with van der Waals surface area (Å²) in [5.41, 5.74) is 1.40. The number of ether oxygens (including phenoxy) is 1. The number of rotatable bonds is 5. The maximum atomic E-state index is 13.0. The van der Waals surface area contributed by atoms with Crippen molar-refractivity contribution in [3.63, 3.8) is 0 Å². The van der Waals surface area contributed by atoms with E-state index in [1.54, 1.807) is 25.1 Å². The fourth-order valence-corrected chi connectivity index (χ4v) is 2.62. The molecule has 0 aliphatic heterocycles. The minimum Gasteiger partial charge on any atom is -0.463 e. The lowest BCUT2D eigenvalue weighted by molar-refractivity contribution is -0.122. The predicted octanol–water partition coefficient (Wildman–Crippen LogP) is 3.74. The minimum absolute atomic E-state index is 0.0979. The van der Waals surface area contributed by atoms with Crippen LogP contribution < -0.4 is 15.6 Å². The van der Waals surface area contributed by atoms with Crippen molar-refractivity contribution in [2.75, 3.05) is 5.32 Å². The van der Waals surface area contributed by atoms with Gasteiger partial charge in [0.25, 0.3) is 11.5 Å². The second kappa shape index (κ2) is 8.22. The molecule has 0 aliphatic carbocycles. The number of halogens is 2. The average Bonchev–Trinajstić information content (AvgIpc) is 2.67. The molecule has 1 atom stereocenters. The van der Waals surface area contributed by atoms with E-state index in [0.717, 1.165) is 5.56 Å². The molecule has 28 heavy (non-hydrogen) atoms. The molecule has 6 nitrogen and oxygen atoms in total. The zero-order valence-corrected chi connectivity index (χ0v) is 15.9.